The molecule has 24 heavy (non-hydrogen) atoms. The highest BCUT2D eigenvalue weighted by Gasteiger charge is 2.30. The van der Waals surface area contributed by atoms with Crippen molar-refractivity contribution in [1.29, 1.82) is 0 Å². The van der Waals surface area contributed by atoms with E-state index < -0.39 is 0 Å². The predicted molar refractivity (Wildman–Crippen MR) is 89.0 cm³/mol. The lowest BCUT2D eigenvalue weighted by Crippen LogP contribution is -2.28. The molecule has 0 spiro atoms. The Morgan fingerprint density at radius 3 is 2.79 bits per heavy atom. The van der Waals surface area contributed by atoms with E-state index in [2.05, 4.69) is 15.1 Å². The van der Waals surface area contributed by atoms with Crippen LogP contribution in [0.3, 0.4) is 0 Å². The van der Waals surface area contributed by atoms with Crippen LogP contribution < -0.4 is 0 Å². The third-order valence-corrected chi connectivity index (χ3v) is 4.47. The van der Waals surface area contributed by atoms with E-state index in [9.17, 15) is 4.79 Å². The molecule has 1 aliphatic heterocycles. The number of hydrogen-bond donors (Lipinski definition) is 2. The number of aromatic amines is 1. The molecule has 0 unspecified atom stereocenters. The molecule has 2 aliphatic rings. The molecule has 0 aromatic carbocycles. The van der Waals surface area contributed by atoms with Crippen LogP contribution in [-0.2, 0) is 27.2 Å². The van der Waals surface area contributed by atoms with E-state index in [1.807, 2.05) is 6.92 Å². The molecule has 0 amide bonds. The molecular weight excluding hydrogens is 310 g/mol. The molecule has 3 rings (SSSR count). The molecule has 0 atom stereocenters. The molecule has 134 valence electrons. The van der Waals surface area contributed by atoms with E-state index in [1.54, 1.807) is 0 Å². The maximum atomic E-state index is 11.4. The summed E-state index contributed by atoms with van der Waals surface area (Å²) in [5, 5.41) is 14.7. The molecule has 2 N–H and O–H groups in total. The molecule has 1 saturated carbocycles. The number of carboxylic acid groups (broad SMARTS) is 1. The zero-order chi connectivity index (χ0) is 17.4. The minimum atomic E-state index is -0.250. The maximum absolute atomic E-state index is 11.4. The van der Waals surface area contributed by atoms with Crippen molar-refractivity contribution >= 4 is 12.4 Å². The quantitative estimate of drug-likeness (QED) is 0.606. The van der Waals surface area contributed by atoms with E-state index >= 15 is 0 Å². The molecule has 0 bridgehead atoms. The number of hydrogen-bond acceptors (Lipinski definition) is 5. The number of nitrogens with zero attached hydrogens (tertiary/aromatic N) is 2. The standard InChI is InChI=1S/C16H25N3O2.CH2O2/c1-2-21-15(20)4-3-9-19-10-7-13-14(8-11-19)17-18-16(13)12-5-6-12;2-1-3/h12H,2-11H2,1H3,(H,17,18);1H,(H,2,3). The SMILES string of the molecule is CCOC(=O)CCCN1CCc2[nH]nc(C3CC3)c2CC1.O=CO. The first kappa shape index (κ1) is 18.4. The lowest BCUT2D eigenvalue weighted by molar-refractivity contribution is -0.143. The number of fused-ring (bicyclic) bond motifs is 1. The van der Waals surface area contributed by atoms with Gasteiger partial charge in [-0.15, -0.1) is 0 Å². The highest BCUT2D eigenvalue weighted by molar-refractivity contribution is 5.69. The Bertz CT molecular complexity index is 540. The van der Waals surface area contributed by atoms with Crippen molar-refractivity contribution in [2.24, 2.45) is 0 Å². The van der Waals surface area contributed by atoms with E-state index in [1.165, 1.54) is 29.8 Å². The molecule has 1 aliphatic carbocycles. The van der Waals surface area contributed by atoms with Gasteiger partial charge < -0.3 is 14.7 Å². The Kier molecular flexibility index (Phi) is 7.24. The second-order valence-electron chi connectivity index (χ2n) is 6.20. The van der Waals surface area contributed by atoms with Gasteiger partial charge in [0, 0.05) is 37.5 Å². The summed E-state index contributed by atoms with van der Waals surface area (Å²) in [6.07, 6.45) is 6.18. The van der Waals surface area contributed by atoms with Crippen molar-refractivity contribution in [3.8, 4) is 0 Å². The number of carbonyl (C=O) groups is 2. The van der Waals surface area contributed by atoms with Crippen LogP contribution in [-0.4, -0.2) is 58.9 Å². The van der Waals surface area contributed by atoms with Gasteiger partial charge >= 0.3 is 5.97 Å². The van der Waals surface area contributed by atoms with E-state index in [-0.39, 0.29) is 12.4 Å². The lowest BCUT2D eigenvalue weighted by Gasteiger charge is -2.19. The van der Waals surface area contributed by atoms with Gasteiger partial charge in [0.1, 0.15) is 0 Å². The summed E-state index contributed by atoms with van der Waals surface area (Å²) in [4.78, 5) is 22.2. The highest BCUT2D eigenvalue weighted by atomic mass is 16.5. The number of H-pyrrole nitrogens is 1. The monoisotopic (exact) mass is 337 g/mol. The van der Waals surface area contributed by atoms with Gasteiger partial charge in [-0.25, -0.2) is 0 Å². The Hall–Kier alpha value is -1.89. The smallest absolute Gasteiger partial charge is 0.305 e. The molecule has 1 fully saturated rings. The summed E-state index contributed by atoms with van der Waals surface area (Å²) >= 11 is 0. The third-order valence-electron chi connectivity index (χ3n) is 4.47. The van der Waals surface area contributed by atoms with Gasteiger partial charge in [-0.2, -0.15) is 5.10 Å². The van der Waals surface area contributed by atoms with Crippen LogP contribution in [0.2, 0.25) is 0 Å². The fourth-order valence-electron chi connectivity index (χ4n) is 3.15. The van der Waals surface area contributed by atoms with Crippen molar-refractivity contribution in [3.05, 3.63) is 17.0 Å². The third kappa shape index (κ3) is 5.33. The van der Waals surface area contributed by atoms with Crippen molar-refractivity contribution in [2.75, 3.05) is 26.2 Å². The van der Waals surface area contributed by atoms with Crippen LogP contribution >= 0.6 is 0 Å². The summed E-state index contributed by atoms with van der Waals surface area (Å²) in [5.41, 5.74) is 4.15. The lowest BCUT2D eigenvalue weighted by atomic mass is 10.1. The minimum absolute atomic E-state index is 0.0715. The largest absolute Gasteiger partial charge is 0.483 e. The number of aromatic nitrogens is 2. The van der Waals surface area contributed by atoms with Gasteiger partial charge in [0.25, 0.3) is 6.47 Å². The Morgan fingerprint density at radius 2 is 2.12 bits per heavy atom. The van der Waals surface area contributed by atoms with Gasteiger partial charge in [0.15, 0.2) is 0 Å². The second kappa shape index (κ2) is 9.42. The fraction of sp³-hybridized carbons (Fsp3) is 0.706. The summed E-state index contributed by atoms with van der Waals surface area (Å²) in [7, 11) is 0. The number of rotatable bonds is 6. The van der Waals surface area contributed by atoms with E-state index in [0.29, 0.717) is 13.0 Å². The molecule has 7 heteroatoms. The predicted octanol–water partition coefficient (Wildman–Crippen LogP) is 1.73. The fourth-order valence-corrected chi connectivity index (χ4v) is 3.15. The molecule has 0 radical (unpaired) electrons. The van der Waals surface area contributed by atoms with Crippen LogP contribution in [0.5, 0.6) is 0 Å². The minimum Gasteiger partial charge on any atom is -0.483 e. The van der Waals surface area contributed by atoms with Crippen molar-refractivity contribution in [1.82, 2.24) is 15.1 Å². The van der Waals surface area contributed by atoms with Gasteiger partial charge in [-0.05, 0) is 44.7 Å². The van der Waals surface area contributed by atoms with E-state index in [4.69, 9.17) is 14.6 Å². The van der Waals surface area contributed by atoms with Crippen molar-refractivity contribution < 1.29 is 19.4 Å². The summed E-state index contributed by atoms with van der Waals surface area (Å²) in [6, 6.07) is 0. The topological polar surface area (TPSA) is 95.5 Å². The van der Waals surface area contributed by atoms with Gasteiger partial charge in [0.05, 0.1) is 12.3 Å². The molecule has 0 saturated heterocycles. The Labute approximate surface area is 142 Å². The van der Waals surface area contributed by atoms with Crippen LogP contribution in [0, 0.1) is 0 Å². The molecule has 1 aromatic rings. The average molecular weight is 337 g/mol. The van der Waals surface area contributed by atoms with Gasteiger partial charge in [0.2, 0.25) is 0 Å². The average Bonchev–Trinajstić information content (AvgIpc) is 3.35. The first-order chi connectivity index (χ1) is 11.7. The normalized spacial score (nSPS) is 17.2. The number of ether oxygens (including phenoxy) is 1. The molecule has 1 aromatic heterocycles. The number of carbonyl (C=O) groups excluding carboxylic acids is 1. The Morgan fingerprint density at radius 1 is 1.42 bits per heavy atom. The first-order valence-electron chi connectivity index (χ1n) is 8.71. The molecular formula is C17H27N3O4. The van der Waals surface area contributed by atoms with Crippen LogP contribution in [0.4, 0.5) is 0 Å². The maximum Gasteiger partial charge on any atom is 0.305 e. The molecule has 7 nitrogen and oxygen atoms in total. The first-order valence-corrected chi connectivity index (χ1v) is 8.71. The van der Waals surface area contributed by atoms with E-state index in [0.717, 1.165) is 44.8 Å². The molecule has 2 heterocycles. The zero-order valence-corrected chi connectivity index (χ0v) is 14.3. The van der Waals surface area contributed by atoms with Crippen molar-refractivity contribution in [2.45, 2.75) is 51.4 Å². The Balaban J connectivity index is 0.000000647. The van der Waals surface area contributed by atoms with Crippen molar-refractivity contribution in [3.63, 3.8) is 0 Å². The number of esters is 1. The van der Waals surface area contributed by atoms with Crippen LogP contribution in [0.15, 0.2) is 0 Å². The highest BCUT2D eigenvalue weighted by Crippen LogP contribution is 2.41. The second-order valence-corrected chi connectivity index (χ2v) is 6.20. The summed E-state index contributed by atoms with van der Waals surface area (Å²) in [6.45, 7) is 5.20. The summed E-state index contributed by atoms with van der Waals surface area (Å²) < 4.78 is 4.97. The van der Waals surface area contributed by atoms with Gasteiger partial charge in [-0.1, -0.05) is 0 Å². The van der Waals surface area contributed by atoms with Crippen LogP contribution in [0.25, 0.3) is 0 Å². The number of nitrogens with one attached hydrogen (secondary N) is 1. The van der Waals surface area contributed by atoms with Gasteiger partial charge in [-0.3, -0.25) is 14.7 Å². The summed E-state index contributed by atoms with van der Waals surface area (Å²) in [5.74, 6) is 0.651. The zero-order valence-electron chi connectivity index (χ0n) is 14.3. The van der Waals surface area contributed by atoms with Crippen LogP contribution in [0.1, 0.15) is 55.5 Å².